The highest BCUT2D eigenvalue weighted by Crippen LogP contribution is 2.50. The van der Waals surface area contributed by atoms with Gasteiger partial charge in [-0.3, -0.25) is 4.90 Å². The minimum Gasteiger partial charge on any atom is -0.376 e. The Balaban J connectivity index is 1.78. The minimum atomic E-state index is 0.0205. The van der Waals surface area contributed by atoms with Crippen molar-refractivity contribution in [2.24, 2.45) is 11.3 Å². The molecule has 1 heterocycles. The molecule has 0 aromatic rings. The summed E-state index contributed by atoms with van der Waals surface area (Å²) in [5.74, 6) is 0.900. The summed E-state index contributed by atoms with van der Waals surface area (Å²) >= 11 is 0. The lowest BCUT2D eigenvalue weighted by molar-refractivity contribution is -0.00946. The fourth-order valence-corrected chi connectivity index (χ4v) is 3.98. The minimum absolute atomic E-state index is 0.0205. The van der Waals surface area contributed by atoms with Crippen molar-refractivity contribution in [3.8, 4) is 0 Å². The molecule has 0 aromatic carbocycles. The highest BCUT2D eigenvalue weighted by molar-refractivity contribution is 4.98. The molecule has 0 aromatic heterocycles. The van der Waals surface area contributed by atoms with Crippen LogP contribution in [0.1, 0.15) is 73.6 Å². The molecular formula is C18H35NO. The van der Waals surface area contributed by atoms with E-state index in [0.29, 0.717) is 11.0 Å². The van der Waals surface area contributed by atoms with E-state index < -0.39 is 0 Å². The van der Waals surface area contributed by atoms with Gasteiger partial charge in [0.25, 0.3) is 0 Å². The molecular weight excluding hydrogens is 246 g/mol. The molecule has 1 saturated carbocycles. The van der Waals surface area contributed by atoms with Crippen LogP contribution in [-0.4, -0.2) is 35.7 Å². The average Bonchev–Trinajstić information content (AvgIpc) is 2.85. The van der Waals surface area contributed by atoms with Crippen LogP contribution in [0.15, 0.2) is 0 Å². The van der Waals surface area contributed by atoms with E-state index in [4.69, 9.17) is 4.74 Å². The van der Waals surface area contributed by atoms with Gasteiger partial charge < -0.3 is 4.74 Å². The zero-order valence-electron chi connectivity index (χ0n) is 14.6. The van der Waals surface area contributed by atoms with Crippen LogP contribution in [0.3, 0.4) is 0 Å². The molecule has 1 saturated heterocycles. The van der Waals surface area contributed by atoms with Crippen molar-refractivity contribution < 1.29 is 4.74 Å². The predicted molar refractivity (Wildman–Crippen MR) is 86.0 cm³/mol. The Bertz CT molecular complexity index is 325. The Labute approximate surface area is 126 Å². The smallest absolute Gasteiger partial charge is 0.0598 e. The van der Waals surface area contributed by atoms with Crippen LogP contribution in [0.2, 0.25) is 0 Å². The molecule has 0 radical (unpaired) electrons. The van der Waals surface area contributed by atoms with Gasteiger partial charge in [-0.2, -0.15) is 0 Å². The fourth-order valence-electron chi connectivity index (χ4n) is 3.98. The third kappa shape index (κ3) is 4.21. The molecule has 1 aliphatic carbocycles. The third-order valence-corrected chi connectivity index (χ3v) is 5.25. The van der Waals surface area contributed by atoms with Crippen molar-refractivity contribution in [2.45, 2.75) is 84.8 Å². The largest absolute Gasteiger partial charge is 0.376 e. The van der Waals surface area contributed by atoms with Gasteiger partial charge in [-0.05, 0) is 91.5 Å². The number of ether oxygens (including phenoxy) is 1. The molecule has 0 amide bonds. The first-order valence-electron chi connectivity index (χ1n) is 8.49. The van der Waals surface area contributed by atoms with Gasteiger partial charge in [-0.25, -0.2) is 0 Å². The zero-order valence-corrected chi connectivity index (χ0v) is 14.6. The molecule has 2 unspecified atom stereocenters. The number of hydrogen-bond acceptors (Lipinski definition) is 2. The van der Waals surface area contributed by atoms with E-state index in [1.807, 2.05) is 0 Å². The Morgan fingerprint density at radius 1 is 1.10 bits per heavy atom. The monoisotopic (exact) mass is 281 g/mol. The zero-order chi connectivity index (χ0) is 15.0. The van der Waals surface area contributed by atoms with Crippen molar-refractivity contribution >= 4 is 0 Å². The highest BCUT2D eigenvalue weighted by atomic mass is 16.5. The van der Waals surface area contributed by atoms with Crippen LogP contribution < -0.4 is 0 Å². The molecule has 20 heavy (non-hydrogen) atoms. The summed E-state index contributed by atoms with van der Waals surface area (Å²) in [5.41, 5.74) is 1.00. The summed E-state index contributed by atoms with van der Waals surface area (Å²) in [7, 11) is 0. The van der Waals surface area contributed by atoms with E-state index in [0.717, 1.165) is 12.5 Å². The van der Waals surface area contributed by atoms with E-state index >= 15 is 0 Å². The molecule has 2 atom stereocenters. The van der Waals surface area contributed by atoms with Gasteiger partial charge in [-0.15, -0.1) is 0 Å². The molecule has 0 bridgehead atoms. The summed E-state index contributed by atoms with van der Waals surface area (Å²) in [6, 6.07) is 0. The topological polar surface area (TPSA) is 12.5 Å². The van der Waals surface area contributed by atoms with Crippen LogP contribution in [-0.2, 0) is 4.74 Å². The van der Waals surface area contributed by atoms with Gasteiger partial charge in [0.15, 0.2) is 0 Å². The van der Waals surface area contributed by atoms with Crippen molar-refractivity contribution in [1.29, 1.82) is 0 Å². The first-order chi connectivity index (χ1) is 9.10. The van der Waals surface area contributed by atoms with Crippen molar-refractivity contribution in [1.82, 2.24) is 4.90 Å². The van der Waals surface area contributed by atoms with Crippen molar-refractivity contribution in [3.05, 3.63) is 0 Å². The molecule has 118 valence electrons. The quantitative estimate of drug-likeness (QED) is 0.756. The van der Waals surface area contributed by atoms with Crippen LogP contribution >= 0.6 is 0 Å². The summed E-state index contributed by atoms with van der Waals surface area (Å²) in [6.45, 7) is 17.1. The standard InChI is InChI=1S/C18H35NO/c1-16(2,3)19-11-10-18(14-19)9-7-15(13-18)8-12-20-17(4,5)6/h15H,7-14H2,1-6H3. The number of hydrogen-bond donors (Lipinski definition) is 0. The Morgan fingerprint density at radius 3 is 2.35 bits per heavy atom. The molecule has 2 rings (SSSR count). The van der Waals surface area contributed by atoms with Crippen LogP contribution in [0.5, 0.6) is 0 Å². The summed E-state index contributed by atoms with van der Waals surface area (Å²) in [5, 5.41) is 0. The van der Waals surface area contributed by atoms with Crippen molar-refractivity contribution in [2.75, 3.05) is 19.7 Å². The molecule has 2 heteroatoms. The predicted octanol–water partition coefficient (Wildman–Crippen LogP) is 4.48. The fraction of sp³-hybridized carbons (Fsp3) is 1.00. The van der Waals surface area contributed by atoms with Crippen molar-refractivity contribution in [3.63, 3.8) is 0 Å². The van der Waals surface area contributed by atoms with E-state index in [1.54, 1.807) is 0 Å². The lowest BCUT2D eigenvalue weighted by atomic mass is 9.84. The van der Waals surface area contributed by atoms with E-state index in [2.05, 4.69) is 46.4 Å². The molecule has 1 aliphatic heterocycles. The molecule has 2 fully saturated rings. The molecule has 0 N–H and O–H groups in total. The maximum atomic E-state index is 5.91. The lowest BCUT2D eigenvalue weighted by Gasteiger charge is -2.33. The van der Waals surface area contributed by atoms with Gasteiger partial charge in [0.05, 0.1) is 5.60 Å². The van der Waals surface area contributed by atoms with Gasteiger partial charge >= 0.3 is 0 Å². The first-order valence-corrected chi connectivity index (χ1v) is 8.49. The third-order valence-electron chi connectivity index (χ3n) is 5.25. The summed E-state index contributed by atoms with van der Waals surface area (Å²) in [6.07, 6.45) is 6.98. The highest BCUT2D eigenvalue weighted by Gasteiger charge is 2.45. The lowest BCUT2D eigenvalue weighted by Crippen LogP contribution is -2.40. The van der Waals surface area contributed by atoms with Gasteiger partial charge in [0, 0.05) is 18.7 Å². The molecule has 2 nitrogen and oxygen atoms in total. The van der Waals surface area contributed by atoms with Gasteiger partial charge in [0.1, 0.15) is 0 Å². The normalized spacial score (nSPS) is 32.4. The maximum absolute atomic E-state index is 5.91. The SMILES string of the molecule is CC(C)(C)OCCC1CCC2(CCN(C(C)(C)C)C2)C1. The molecule has 2 aliphatic rings. The number of nitrogens with zero attached hydrogens (tertiary/aromatic N) is 1. The van der Waals surface area contributed by atoms with E-state index in [-0.39, 0.29) is 5.60 Å². The Kier molecular flexibility index (Phi) is 4.57. The van der Waals surface area contributed by atoms with Crippen LogP contribution in [0.4, 0.5) is 0 Å². The maximum Gasteiger partial charge on any atom is 0.0598 e. The number of likely N-dealkylation sites (tertiary alicyclic amines) is 1. The first kappa shape index (κ1) is 16.3. The second-order valence-corrected chi connectivity index (χ2v) is 9.20. The second-order valence-electron chi connectivity index (χ2n) is 9.20. The van der Waals surface area contributed by atoms with E-state index in [1.165, 1.54) is 45.2 Å². The summed E-state index contributed by atoms with van der Waals surface area (Å²) < 4.78 is 5.91. The Hall–Kier alpha value is -0.0800. The number of rotatable bonds is 3. The van der Waals surface area contributed by atoms with Crippen LogP contribution in [0.25, 0.3) is 0 Å². The average molecular weight is 281 g/mol. The van der Waals surface area contributed by atoms with Gasteiger partial charge in [-0.1, -0.05) is 0 Å². The molecule has 1 spiro atoms. The summed E-state index contributed by atoms with van der Waals surface area (Å²) in [4.78, 5) is 2.70. The Morgan fingerprint density at radius 2 is 1.80 bits per heavy atom. The van der Waals surface area contributed by atoms with Gasteiger partial charge in [0.2, 0.25) is 0 Å². The van der Waals surface area contributed by atoms with Crippen LogP contribution in [0, 0.1) is 11.3 Å². The second kappa shape index (κ2) is 5.61. The van der Waals surface area contributed by atoms with E-state index in [9.17, 15) is 0 Å².